The van der Waals surface area contributed by atoms with Crippen LogP contribution in [0.3, 0.4) is 0 Å². The summed E-state index contributed by atoms with van der Waals surface area (Å²) in [6.07, 6.45) is 1.88. The molecule has 8 nitrogen and oxygen atoms in total. The first-order chi connectivity index (χ1) is 17.8. The van der Waals surface area contributed by atoms with Gasteiger partial charge in [0.15, 0.2) is 0 Å². The van der Waals surface area contributed by atoms with Crippen molar-refractivity contribution < 1.29 is 14.4 Å². The molecule has 0 saturated carbocycles. The van der Waals surface area contributed by atoms with Crippen LogP contribution in [0.1, 0.15) is 38.8 Å². The largest absolute Gasteiger partial charge is 0.353 e. The number of amides is 4. The topological polar surface area (TPSA) is 77.1 Å². The van der Waals surface area contributed by atoms with E-state index in [9.17, 15) is 14.4 Å². The van der Waals surface area contributed by atoms with Crippen LogP contribution in [0.4, 0.5) is 16.3 Å². The maximum Gasteiger partial charge on any atom is 0.331 e. The first kappa shape index (κ1) is 24.5. The minimum Gasteiger partial charge on any atom is -0.353 e. The molecule has 2 aromatic carbocycles. The van der Waals surface area contributed by atoms with Gasteiger partial charge < -0.3 is 9.80 Å². The van der Waals surface area contributed by atoms with Gasteiger partial charge in [0, 0.05) is 55.7 Å². The molecule has 1 unspecified atom stereocenters. The van der Waals surface area contributed by atoms with Gasteiger partial charge in [0.05, 0.1) is 6.04 Å². The van der Waals surface area contributed by atoms with Crippen LogP contribution in [0, 0.1) is 13.8 Å². The van der Waals surface area contributed by atoms with Gasteiger partial charge in [-0.2, -0.15) is 0 Å². The normalized spacial score (nSPS) is 17.9. The molecule has 1 aromatic heterocycles. The van der Waals surface area contributed by atoms with Crippen LogP contribution in [-0.2, 0) is 0 Å². The number of benzene rings is 2. The van der Waals surface area contributed by atoms with Crippen LogP contribution >= 0.6 is 0 Å². The Kier molecular flexibility index (Phi) is 6.65. The number of pyridine rings is 1. The van der Waals surface area contributed by atoms with E-state index in [0.717, 1.165) is 30.0 Å². The summed E-state index contributed by atoms with van der Waals surface area (Å²) in [5, 5.41) is 0. The third kappa shape index (κ3) is 4.79. The number of carbonyl (C=O) groups is 3. The minimum absolute atomic E-state index is 0.0261. The van der Waals surface area contributed by atoms with Gasteiger partial charge in [-0.1, -0.05) is 24.3 Å². The minimum atomic E-state index is -0.350. The zero-order chi connectivity index (χ0) is 26.1. The number of hydrogen-bond donors (Lipinski definition) is 0. The van der Waals surface area contributed by atoms with Gasteiger partial charge in [-0.3, -0.25) is 19.4 Å². The van der Waals surface area contributed by atoms with Crippen LogP contribution in [0.25, 0.3) is 0 Å². The van der Waals surface area contributed by atoms with E-state index in [1.807, 2.05) is 31.0 Å². The summed E-state index contributed by atoms with van der Waals surface area (Å²) < 4.78 is 0. The lowest BCUT2D eigenvalue weighted by Gasteiger charge is -2.36. The van der Waals surface area contributed by atoms with Gasteiger partial charge >= 0.3 is 6.03 Å². The van der Waals surface area contributed by atoms with E-state index in [-0.39, 0.29) is 23.9 Å². The first-order valence-electron chi connectivity index (χ1n) is 12.6. The molecule has 5 rings (SSSR count). The average Bonchev–Trinajstić information content (AvgIpc) is 3.22. The second kappa shape index (κ2) is 10.0. The van der Waals surface area contributed by atoms with E-state index in [1.165, 1.54) is 4.90 Å². The molecule has 190 valence electrons. The van der Waals surface area contributed by atoms with Crippen molar-refractivity contribution in [3.05, 3.63) is 89.1 Å². The Hall–Kier alpha value is -4.20. The molecule has 0 bridgehead atoms. The van der Waals surface area contributed by atoms with E-state index in [0.29, 0.717) is 36.4 Å². The first-order valence-corrected chi connectivity index (χ1v) is 12.6. The number of hydrogen-bond acceptors (Lipinski definition) is 5. The van der Waals surface area contributed by atoms with E-state index in [4.69, 9.17) is 0 Å². The Morgan fingerprint density at radius 3 is 2.16 bits per heavy atom. The van der Waals surface area contributed by atoms with Crippen molar-refractivity contribution in [3.8, 4) is 0 Å². The molecule has 37 heavy (non-hydrogen) atoms. The van der Waals surface area contributed by atoms with Crippen molar-refractivity contribution in [1.29, 1.82) is 0 Å². The Morgan fingerprint density at radius 2 is 1.51 bits per heavy atom. The van der Waals surface area contributed by atoms with Crippen molar-refractivity contribution in [2.45, 2.75) is 26.8 Å². The van der Waals surface area contributed by atoms with Crippen LogP contribution in [-0.4, -0.2) is 71.4 Å². The van der Waals surface area contributed by atoms with Gasteiger partial charge in [0.1, 0.15) is 5.82 Å². The van der Waals surface area contributed by atoms with Crippen molar-refractivity contribution in [3.63, 3.8) is 0 Å². The highest BCUT2D eigenvalue weighted by Crippen LogP contribution is 2.26. The second-order valence-electron chi connectivity index (χ2n) is 9.76. The Labute approximate surface area is 217 Å². The average molecular weight is 498 g/mol. The van der Waals surface area contributed by atoms with Crippen LogP contribution in [0.2, 0.25) is 0 Å². The number of aryl methyl sites for hydroxylation is 2. The molecule has 2 aliphatic heterocycles. The number of imide groups is 1. The fourth-order valence-electron chi connectivity index (χ4n) is 5.09. The van der Waals surface area contributed by atoms with Crippen molar-refractivity contribution in [2.24, 2.45) is 0 Å². The zero-order valence-corrected chi connectivity index (χ0v) is 21.4. The predicted octanol–water partition coefficient (Wildman–Crippen LogP) is 4.13. The monoisotopic (exact) mass is 497 g/mol. The van der Waals surface area contributed by atoms with Crippen molar-refractivity contribution in [1.82, 2.24) is 14.8 Å². The zero-order valence-electron chi connectivity index (χ0n) is 21.4. The van der Waals surface area contributed by atoms with Crippen LogP contribution in [0.5, 0.6) is 0 Å². The molecule has 8 heteroatoms. The molecule has 2 saturated heterocycles. The van der Waals surface area contributed by atoms with Crippen LogP contribution < -0.4 is 9.80 Å². The highest BCUT2D eigenvalue weighted by Gasteiger charge is 2.40. The van der Waals surface area contributed by atoms with Crippen molar-refractivity contribution in [2.75, 3.05) is 42.5 Å². The predicted molar refractivity (Wildman–Crippen MR) is 143 cm³/mol. The summed E-state index contributed by atoms with van der Waals surface area (Å²) in [4.78, 5) is 50.8. The number of carbonyl (C=O) groups excluding carboxylic acids is 3. The SMILES string of the molecule is Cc1cnc(N2CCN(C(=O)c3ccc(N4CC(C)N(C(=O)c5ccccc5)C4=O)cc3)CC2)c(C)c1. The lowest BCUT2D eigenvalue weighted by molar-refractivity contribution is 0.0745. The van der Waals surface area contributed by atoms with Crippen LogP contribution in [0.15, 0.2) is 66.9 Å². The lowest BCUT2D eigenvalue weighted by Crippen LogP contribution is -2.49. The molecule has 3 aromatic rings. The molecule has 0 spiro atoms. The number of aromatic nitrogens is 1. The number of urea groups is 1. The molecule has 2 fully saturated rings. The molecule has 0 radical (unpaired) electrons. The fraction of sp³-hybridized carbons (Fsp3) is 0.310. The highest BCUT2D eigenvalue weighted by molar-refractivity contribution is 6.11. The van der Waals surface area contributed by atoms with E-state index < -0.39 is 0 Å². The molecule has 0 N–H and O–H groups in total. The van der Waals surface area contributed by atoms with Crippen molar-refractivity contribution >= 4 is 29.4 Å². The molecule has 0 aliphatic carbocycles. The number of anilines is 2. The molecule has 1 atom stereocenters. The summed E-state index contributed by atoms with van der Waals surface area (Å²) in [7, 11) is 0. The quantitative estimate of drug-likeness (QED) is 0.542. The van der Waals surface area contributed by atoms with E-state index in [1.54, 1.807) is 53.4 Å². The number of piperazine rings is 1. The van der Waals surface area contributed by atoms with E-state index >= 15 is 0 Å². The smallest absolute Gasteiger partial charge is 0.331 e. The summed E-state index contributed by atoms with van der Waals surface area (Å²) in [6, 6.07) is 17.4. The fourth-order valence-corrected chi connectivity index (χ4v) is 5.09. The van der Waals surface area contributed by atoms with E-state index in [2.05, 4.69) is 22.9 Å². The van der Waals surface area contributed by atoms with Gasteiger partial charge in [-0.25, -0.2) is 9.78 Å². The number of rotatable bonds is 4. The summed E-state index contributed by atoms with van der Waals surface area (Å²) >= 11 is 0. The maximum absolute atomic E-state index is 13.2. The van der Waals surface area contributed by atoms with Gasteiger partial charge in [0.25, 0.3) is 11.8 Å². The summed E-state index contributed by atoms with van der Waals surface area (Å²) in [5.41, 5.74) is 4.02. The molecular weight excluding hydrogens is 466 g/mol. The number of nitrogens with zero attached hydrogens (tertiary/aromatic N) is 5. The third-order valence-electron chi connectivity index (χ3n) is 7.04. The molecule has 4 amide bonds. The molecule has 2 aliphatic rings. The molecular formula is C29H31N5O3. The Balaban J connectivity index is 1.23. The Bertz CT molecular complexity index is 1320. The summed E-state index contributed by atoms with van der Waals surface area (Å²) in [6.45, 7) is 9.06. The second-order valence-corrected chi connectivity index (χ2v) is 9.76. The third-order valence-corrected chi connectivity index (χ3v) is 7.04. The van der Waals surface area contributed by atoms with Gasteiger partial charge in [-0.05, 0) is 68.3 Å². The van der Waals surface area contributed by atoms with Gasteiger partial charge in [0.2, 0.25) is 0 Å². The highest BCUT2D eigenvalue weighted by atomic mass is 16.2. The Morgan fingerprint density at radius 1 is 0.865 bits per heavy atom. The lowest BCUT2D eigenvalue weighted by atomic mass is 10.1. The summed E-state index contributed by atoms with van der Waals surface area (Å²) in [5.74, 6) is 0.649. The molecule has 3 heterocycles. The van der Waals surface area contributed by atoms with Gasteiger partial charge in [-0.15, -0.1) is 0 Å². The standard InChI is InChI=1S/C29H31N5O3/c1-20-17-21(2)26(30-18-20)31-13-15-32(16-14-31)27(35)24-9-11-25(12-10-24)33-19-22(3)34(29(33)37)28(36)23-7-5-4-6-8-23/h4-12,17-18,22H,13-16,19H2,1-3H3. The maximum atomic E-state index is 13.2.